The minimum absolute atomic E-state index is 0.0428. The molecule has 3 heterocycles. The van der Waals surface area contributed by atoms with E-state index in [0.717, 1.165) is 12.3 Å². The van der Waals surface area contributed by atoms with Gasteiger partial charge in [-0.25, -0.2) is 9.97 Å². The number of alkyl halides is 3. The Kier molecular flexibility index (Phi) is 3.23. The lowest BCUT2D eigenvalue weighted by atomic mass is 10.1. The van der Waals surface area contributed by atoms with Crippen LogP contribution in [-0.4, -0.2) is 15.0 Å². The molecule has 4 nitrogen and oxygen atoms in total. The molecular weight excluding hydrogens is 300 g/mol. The second kappa shape index (κ2) is 4.97. The molecule has 0 aromatic carbocycles. The van der Waals surface area contributed by atoms with E-state index in [1.54, 1.807) is 0 Å². The van der Waals surface area contributed by atoms with Crippen LogP contribution in [0.5, 0.6) is 0 Å². The molecule has 0 aliphatic heterocycles. The van der Waals surface area contributed by atoms with E-state index in [-0.39, 0.29) is 17.8 Å². The third-order valence-electron chi connectivity index (χ3n) is 3.27. The number of hydrogen-bond donors (Lipinski definition) is 2. The number of aromatic nitrogens is 3. The number of nitrogens with zero attached hydrogens (tertiary/aromatic N) is 2. The van der Waals surface area contributed by atoms with Crippen LogP contribution in [0, 0.1) is 5.95 Å². The average Bonchev–Trinajstić information content (AvgIpc) is 2.83. The second-order valence-electron chi connectivity index (χ2n) is 4.79. The van der Waals surface area contributed by atoms with Gasteiger partial charge in [0.25, 0.3) is 0 Å². The van der Waals surface area contributed by atoms with Crippen molar-refractivity contribution in [2.24, 2.45) is 0 Å². The van der Waals surface area contributed by atoms with Crippen molar-refractivity contribution in [1.82, 2.24) is 15.0 Å². The highest BCUT2D eigenvalue weighted by Gasteiger charge is 2.31. The zero-order valence-electron chi connectivity index (χ0n) is 11.1. The monoisotopic (exact) mass is 310 g/mol. The normalized spacial score (nSPS) is 12.0. The van der Waals surface area contributed by atoms with Gasteiger partial charge < -0.3 is 10.7 Å². The van der Waals surface area contributed by atoms with Crippen molar-refractivity contribution in [2.45, 2.75) is 12.6 Å². The Morgan fingerprint density at radius 2 is 1.95 bits per heavy atom. The van der Waals surface area contributed by atoms with Crippen LogP contribution in [0.2, 0.25) is 0 Å². The van der Waals surface area contributed by atoms with Crippen molar-refractivity contribution >= 4 is 16.9 Å². The van der Waals surface area contributed by atoms with Crippen molar-refractivity contribution in [3.8, 4) is 0 Å². The number of hydrogen-bond acceptors (Lipinski definition) is 3. The van der Waals surface area contributed by atoms with E-state index in [0.29, 0.717) is 16.6 Å². The topological polar surface area (TPSA) is 67.6 Å². The maximum absolute atomic E-state index is 13.7. The van der Waals surface area contributed by atoms with Crippen LogP contribution in [0.15, 0.2) is 30.6 Å². The molecule has 0 unspecified atom stereocenters. The molecule has 8 heteroatoms. The maximum atomic E-state index is 13.7. The minimum Gasteiger partial charge on any atom is -0.384 e. The number of anilines is 1. The van der Waals surface area contributed by atoms with Crippen molar-refractivity contribution in [1.29, 1.82) is 0 Å². The first-order valence-electron chi connectivity index (χ1n) is 6.28. The summed E-state index contributed by atoms with van der Waals surface area (Å²) >= 11 is 0. The van der Waals surface area contributed by atoms with Crippen molar-refractivity contribution < 1.29 is 17.6 Å². The molecule has 0 saturated carbocycles. The molecule has 0 atom stereocenters. The van der Waals surface area contributed by atoms with Crippen LogP contribution in [0.3, 0.4) is 0 Å². The van der Waals surface area contributed by atoms with Gasteiger partial charge in [0.15, 0.2) is 0 Å². The Bertz CT molecular complexity index is 838. The Hall–Kier alpha value is -2.64. The highest BCUT2D eigenvalue weighted by Crippen LogP contribution is 2.31. The average molecular weight is 310 g/mol. The molecule has 0 saturated heterocycles. The number of nitrogen functional groups attached to an aromatic ring is 1. The number of fused-ring (bicyclic) bond motifs is 1. The summed E-state index contributed by atoms with van der Waals surface area (Å²) in [5, 5.41) is 0.297. The molecule has 114 valence electrons. The summed E-state index contributed by atoms with van der Waals surface area (Å²) in [6, 6.07) is 3.89. The van der Waals surface area contributed by atoms with E-state index in [1.165, 1.54) is 18.3 Å². The zero-order chi connectivity index (χ0) is 15.9. The summed E-state index contributed by atoms with van der Waals surface area (Å²) < 4.78 is 52.0. The Morgan fingerprint density at radius 3 is 2.64 bits per heavy atom. The number of H-pyrrole nitrogens is 1. The van der Waals surface area contributed by atoms with E-state index < -0.39 is 17.7 Å². The van der Waals surface area contributed by atoms with Gasteiger partial charge in [-0.3, -0.25) is 0 Å². The lowest BCUT2D eigenvalue weighted by Crippen LogP contribution is -2.05. The summed E-state index contributed by atoms with van der Waals surface area (Å²) in [6.45, 7) is 0. The molecule has 0 radical (unpaired) electrons. The number of nitrogens with two attached hydrogens (primary N) is 1. The van der Waals surface area contributed by atoms with Gasteiger partial charge in [0.2, 0.25) is 5.95 Å². The van der Waals surface area contributed by atoms with Crippen LogP contribution in [-0.2, 0) is 12.6 Å². The van der Waals surface area contributed by atoms with Crippen molar-refractivity contribution in [3.05, 3.63) is 53.2 Å². The van der Waals surface area contributed by atoms with Crippen LogP contribution in [0.4, 0.5) is 23.4 Å². The fourth-order valence-corrected chi connectivity index (χ4v) is 2.17. The predicted molar refractivity (Wildman–Crippen MR) is 72.5 cm³/mol. The summed E-state index contributed by atoms with van der Waals surface area (Å²) in [6.07, 6.45) is -2.13. The predicted octanol–water partition coefficient (Wildman–Crippen LogP) is 3.29. The SMILES string of the molecule is Nc1ccc(Cc2c[nH]c3ncc(C(F)(F)F)cc23)c(F)n1. The van der Waals surface area contributed by atoms with Gasteiger partial charge in [0, 0.05) is 29.8 Å². The first-order valence-corrected chi connectivity index (χ1v) is 6.28. The number of halogens is 4. The lowest BCUT2D eigenvalue weighted by molar-refractivity contribution is -0.137. The standard InChI is InChI=1S/C14H10F4N4/c15-12-7(1-2-11(19)22-12)3-8-5-20-13-10(8)4-9(6-21-13)14(16,17)18/h1-2,4-6H,3H2,(H2,19,22)(H,20,21). The van der Waals surface area contributed by atoms with Gasteiger partial charge in [-0.05, 0) is 17.7 Å². The third-order valence-corrected chi connectivity index (χ3v) is 3.27. The van der Waals surface area contributed by atoms with E-state index in [9.17, 15) is 17.6 Å². The van der Waals surface area contributed by atoms with Crippen molar-refractivity contribution in [3.63, 3.8) is 0 Å². The fraction of sp³-hybridized carbons (Fsp3) is 0.143. The molecule has 0 aliphatic rings. The molecule has 3 aromatic heterocycles. The smallest absolute Gasteiger partial charge is 0.384 e. The minimum atomic E-state index is -4.48. The highest BCUT2D eigenvalue weighted by atomic mass is 19.4. The van der Waals surface area contributed by atoms with Crippen LogP contribution >= 0.6 is 0 Å². The molecular formula is C14H10F4N4. The van der Waals surface area contributed by atoms with Gasteiger partial charge in [0.05, 0.1) is 5.56 Å². The Balaban J connectivity index is 2.03. The quantitative estimate of drug-likeness (QED) is 0.564. The maximum Gasteiger partial charge on any atom is 0.417 e. The van der Waals surface area contributed by atoms with Gasteiger partial charge in [0.1, 0.15) is 11.5 Å². The van der Waals surface area contributed by atoms with Gasteiger partial charge >= 0.3 is 6.18 Å². The fourth-order valence-electron chi connectivity index (χ4n) is 2.17. The lowest BCUT2D eigenvalue weighted by Gasteiger charge is -2.06. The van der Waals surface area contributed by atoms with E-state index in [4.69, 9.17) is 5.73 Å². The van der Waals surface area contributed by atoms with Crippen LogP contribution < -0.4 is 5.73 Å². The Labute approximate surface area is 122 Å². The number of rotatable bonds is 2. The molecule has 22 heavy (non-hydrogen) atoms. The first kappa shape index (κ1) is 14.3. The summed E-state index contributed by atoms with van der Waals surface area (Å²) in [4.78, 5) is 10.0. The van der Waals surface area contributed by atoms with Crippen LogP contribution in [0.25, 0.3) is 11.0 Å². The van der Waals surface area contributed by atoms with Crippen LogP contribution in [0.1, 0.15) is 16.7 Å². The molecule has 0 aliphatic carbocycles. The van der Waals surface area contributed by atoms with E-state index >= 15 is 0 Å². The summed E-state index contributed by atoms with van der Waals surface area (Å²) in [7, 11) is 0. The van der Waals surface area contributed by atoms with Crippen molar-refractivity contribution in [2.75, 3.05) is 5.73 Å². The molecule has 0 amide bonds. The van der Waals surface area contributed by atoms with Gasteiger partial charge in [-0.1, -0.05) is 6.07 Å². The number of pyridine rings is 2. The zero-order valence-corrected chi connectivity index (χ0v) is 11.1. The molecule has 3 N–H and O–H groups in total. The van der Waals surface area contributed by atoms with Gasteiger partial charge in [-0.2, -0.15) is 17.6 Å². The summed E-state index contributed by atoms with van der Waals surface area (Å²) in [5.74, 6) is -0.699. The summed E-state index contributed by atoms with van der Waals surface area (Å²) in [5.41, 5.74) is 5.57. The second-order valence-corrected chi connectivity index (χ2v) is 4.79. The number of aromatic amines is 1. The molecule has 0 bridgehead atoms. The largest absolute Gasteiger partial charge is 0.417 e. The van der Waals surface area contributed by atoms with E-state index in [1.807, 2.05) is 0 Å². The van der Waals surface area contributed by atoms with Gasteiger partial charge in [-0.15, -0.1) is 0 Å². The van der Waals surface area contributed by atoms with E-state index in [2.05, 4.69) is 15.0 Å². The molecule has 0 spiro atoms. The number of nitrogens with one attached hydrogen (secondary N) is 1. The highest BCUT2D eigenvalue weighted by molar-refractivity contribution is 5.80. The third kappa shape index (κ3) is 2.59. The Morgan fingerprint density at radius 1 is 1.18 bits per heavy atom. The molecule has 3 rings (SSSR count). The first-order chi connectivity index (χ1) is 10.3. The molecule has 3 aromatic rings. The molecule has 0 fully saturated rings.